The van der Waals surface area contributed by atoms with Gasteiger partial charge in [0.2, 0.25) is 0 Å². The van der Waals surface area contributed by atoms with Crippen LogP contribution in [0.3, 0.4) is 0 Å². The lowest BCUT2D eigenvalue weighted by molar-refractivity contribution is -0.137. The van der Waals surface area contributed by atoms with Gasteiger partial charge in [0, 0.05) is 6.54 Å². The number of alkyl halides is 3. The Kier molecular flexibility index (Phi) is 3.21. The zero-order chi connectivity index (χ0) is 14.2. The Bertz CT molecular complexity index is 728. The molecule has 1 aromatic carbocycles. The van der Waals surface area contributed by atoms with E-state index in [4.69, 9.17) is 0 Å². The van der Waals surface area contributed by atoms with Gasteiger partial charge in [0.25, 0.3) is 5.56 Å². The zero-order valence-corrected chi connectivity index (χ0v) is 10.0. The normalized spacial score (nSPS) is 12.0. The molecule has 0 unspecified atom stereocenters. The van der Waals surface area contributed by atoms with Crippen LogP contribution in [0, 0.1) is 0 Å². The molecule has 0 radical (unpaired) electrons. The number of aromatic nitrogens is 2. The first-order chi connectivity index (χ1) is 8.84. The number of nitrogens with zero attached hydrogens (tertiary/aromatic N) is 1. The van der Waals surface area contributed by atoms with Crippen LogP contribution in [0.5, 0.6) is 0 Å². The Hall–Kier alpha value is -2.05. The largest absolute Gasteiger partial charge is 0.416 e. The minimum absolute atomic E-state index is 0.107. The number of aromatic amines is 1. The molecule has 0 saturated carbocycles. The number of fused-ring (bicyclic) bond motifs is 1. The van der Waals surface area contributed by atoms with E-state index in [1.807, 2.05) is 0 Å². The molecule has 0 aliphatic heterocycles. The second kappa shape index (κ2) is 4.56. The first kappa shape index (κ1) is 13.4. The monoisotopic (exact) mass is 272 g/mol. The van der Waals surface area contributed by atoms with Crippen molar-refractivity contribution in [1.82, 2.24) is 9.55 Å². The Morgan fingerprint density at radius 2 is 1.95 bits per heavy atom. The molecule has 0 fully saturated rings. The SMILES string of the molecule is CCCn1c(=O)[nH]c2ccc(C(F)(F)F)cc2c1=O. The molecule has 19 heavy (non-hydrogen) atoms. The summed E-state index contributed by atoms with van der Waals surface area (Å²) in [6.45, 7) is 1.93. The lowest BCUT2D eigenvalue weighted by Crippen LogP contribution is -2.35. The molecule has 7 heteroatoms. The van der Waals surface area contributed by atoms with Crippen LogP contribution in [-0.2, 0) is 12.7 Å². The van der Waals surface area contributed by atoms with Crippen molar-refractivity contribution in [1.29, 1.82) is 0 Å². The van der Waals surface area contributed by atoms with Crippen molar-refractivity contribution in [3.05, 3.63) is 44.6 Å². The van der Waals surface area contributed by atoms with E-state index < -0.39 is 23.0 Å². The molecule has 2 rings (SSSR count). The van der Waals surface area contributed by atoms with Gasteiger partial charge in [-0.15, -0.1) is 0 Å². The van der Waals surface area contributed by atoms with E-state index in [0.717, 1.165) is 22.8 Å². The van der Waals surface area contributed by atoms with Gasteiger partial charge in [-0.25, -0.2) is 4.79 Å². The van der Waals surface area contributed by atoms with Gasteiger partial charge in [0.15, 0.2) is 0 Å². The van der Waals surface area contributed by atoms with Crippen molar-refractivity contribution in [2.24, 2.45) is 0 Å². The summed E-state index contributed by atoms with van der Waals surface area (Å²) in [6.07, 6.45) is -3.99. The Morgan fingerprint density at radius 3 is 2.53 bits per heavy atom. The number of hydrogen-bond donors (Lipinski definition) is 1. The first-order valence-electron chi connectivity index (χ1n) is 5.68. The van der Waals surface area contributed by atoms with E-state index in [2.05, 4.69) is 4.98 Å². The predicted molar refractivity (Wildman–Crippen MR) is 64.1 cm³/mol. The fraction of sp³-hybridized carbons (Fsp3) is 0.333. The van der Waals surface area contributed by atoms with E-state index in [9.17, 15) is 22.8 Å². The van der Waals surface area contributed by atoms with Crippen LogP contribution < -0.4 is 11.2 Å². The quantitative estimate of drug-likeness (QED) is 0.910. The van der Waals surface area contributed by atoms with E-state index >= 15 is 0 Å². The number of rotatable bonds is 2. The van der Waals surface area contributed by atoms with Crippen LogP contribution in [0.25, 0.3) is 10.9 Å². The van der Waals surface area contributed by atoms with E-state index in [0.29, 0.717) is 6.42 Å². The summed E-state index contributed by atoms with van der Waals surface area (Å²) in [7, 11) is 0. The average Bonchev–Trinajstić information content (AvgIpc) is 2.33. The second-order valence-electron chi connectivity index (χ2n) is 4.15. The van der Waals surface area contributed by atoms with Crippen LogP contribution in [0.1, 0.15) is 18.9 Å². The minimum atomic E-state index is -4.52. The maximum Gasteiger partial charge on any atom is 0.416 e. The zero-order valence-electron chi connectivity index (χ0n) is 10.0. The van der Waals surface area contributed by atoms with Gasteiger partial charge in [-0.2, -0.15) is 13.2 Å². The molecule has 1 N–H and O–H groups in total. The smallest absolute Gasteiger partial charge is 0.307 e. The summed E-state index contributed by atoms with van der Waals surface area (Å²) >= 11 is 0. The number of H-pyrrole nitrogens is 1. The van der Waals surface area contributed by atoms with Gasteiger partial charge in [-0.05, 0) is 24.6 Å². The van der Waals surface area contributed by atoms with Gasteiger partial charge < -0.3 is 4.98 Å². The van der Waals surface area contributed by atoms with Crippen molar-refractivity contribution in [3.63, 3.8) is 0 Å². The maximum atomic E-state index is 12.6. The number of benzene rings is 1. The molecule has 0 aliphatic carbocycles. The second-order valence-corrected chi connectivity index (χ2v) is 4.15. The predicted octanol–water partition coefficient (Wildman–Crippen LogP) is 2.12. The summed E-state index contributed by atoms with van der Waals surface area (Å²) in [6, 6.07) is 2.69. The number of nitrogens with one attached hydrogen (secondary N) is 1. The lowest BCUT2D eigenvalue weighted by atomic mass is 10.1. The standard InChI is InChI=1S/C12H11F3N2O2/c1-2-5-17-10(18)8-6-7(12(13,14)15)3-4-9(8)16-11(17)19/h3-4,6H,2,5H2,1H3,(H,16,19). The van der Waals surface area contributed by atoms with Gasteiger partial charge in [0.1, 0.15) is 0 Å². The molecular weight excluding hydrogens is 261 g/mol. The average molecular weight is 272 g/mol. The molecule has 1 aromatic heterocycles. The van der Waals surface area contributed by atoms with Crippen molar-refractivity contribution in [3.8, 4) is 0 Å². The highest BCUT2D eigenvalue weighted by atomic mass is 19.4. The number of hydrogen-bond acceptors (Lipinski definition) is 2. The highest BCUT2D eigenvalue weighted by molar-refractivity contribution is 5.78. The van der Waals surface area contributed by atoms with Crippen molar-refractivity contribution < 1.29 is 13.2 Å². The first-order valence-corrected chi connectivity index (χ1v) is 5.68. The Labute approximate surface area is 105 Å². The molecule has 0 atom stereocenters. The van der Waals surface area contributed by atoms with E-state index in [1.165, 1.54) is 0 Å². The van der Waals surface area contributed by atoms with E-state index in [1.54, 1.807) is 6.92 Å². The molecule has 0 spiro atoms. The van der Waals surface area contributed by atoms with Crippen LogP contribution in [0.2, 0.25) is 0 Å². The molecule has 4 nitrogen and oxygen atoms in total. The highest BCUT2D eigenvalue weighted by Crippen LogP contribution is 2.30. The topological polar surface area (TPSA) is 54.9 Å². The summed E-state index contributed by atoms with van der Waals surface area (Å²) in [5.41, 5.74) is -2.12. The Balaban J connectivity index is 2.78. The van der Waals surface area contributed by atoms with Gasteiger partial charge >= 0.3 is 11.9 Å². The minimum Gasteiger partial charge on any atom is -0.307 e. The third-order valence-electron chi connectivity index (χ3n) is 2.76. The van der Waals surface area contributed by atoms with Gasteiger partial charge in [-0.3, -0.25) is 9.36 Å². The van der Waals surface area contributed by atoms with Gasteiger partial charge in [-0.1, -0.05) is 6.92 Å². The fourth-order valence-electron chi connectivity index (χ4n) is 1.85. The molecule has 2 aromatic rings. The molecule has 0 aliphatic rings. The summed E-state index contributed by atoms with van der Waals surface area (Å²) < 4.78 is 38.7. The molecule has 1 heterocycles. The van der Waals surface area contributed by atoms with Crippen LogP contribution >= 0.6 is 0 Å². The van der Waals surface area contributed by atoms with Gasteiger partial charge in [0.05, 0.1) is 16.5 Å². The molecular formula is C12H11F3N2O2. The molecule has 0 amide bonds. The Morgan fingerprint density at radius 1 is 1.26 bits per heavy atom. The summed E-state index contributed by atoms with van der Waals surface area (Å²) in [4.78, 5) is 26.0. The highest BCUT2D eigenvalue weighted by Gasteiger charge is 2.30. The molecule has 102 valence electrons. The summed E-state index contributed by atoms with van der Waals surface area (Å²) in [5, 5.41) is -0.136. The van der Waals surface area contributed by atoms with Crippen molar-refractivity contribution in [2.75, 3.05) is 0 Å². The van der Waals surface area contributed by atoms with Crippen LogP contribution in [0.15, 0.2) is 27.8 Å². The van der Waals surface area contributed by atoms with Crippen molar-refractivity contribution in [2.45, 2.75) is 26.1 Å². The van der Waals surface area contributed by atoms with Crippen LogP contribution in [0.4, 0.5) is 13.2 Å². The third-order valence-corrected chi connectivity index (χ3v) is 2.76. The van der Waals surface area contributed by atoms with Crippen molar-refractivity contribution >= 4 is 10.9 Å². The summed E-state index contributed by atoms with van der Waals surface area (Å²) in [5.74, 6) is 0. The van der Waals surface area contributed by atoms with Crippen LogP contribution in [-0.4, -0.2) is 9.55 Å². The molecule has 0 bridgehead atoms. The molecule has 0 saturated heterocycles. The third kappa shape index (κ3) is 2.40. The maximum absolute atomic E-state index is 12.6. The number of halogens is 3. The fourth-order valence-corrected chi connectivity index (χ4v) is 1.85. The lowest BCUT2D eigenvalue weighted by Gasteiger charge is -2.09. The van der Waals surface area contributed by atoms with E-state index in [-0.39, 0.29) is 17.4 Å².